The van der Waals surface area contributed by atoms with Gasteiger partial charge in [-0.1, -0.05) is 25.1 Å². The molecule has 3 heterocycles. The van der Waals surface area contributed by atoms with Gasteiger partial charge in [0.05, 0.1) is 45.5 Å². The molecule has 1 aliphatic carbocycles. The van der Waals surface area contributed by atoms with Crippen molar-refractivity contribution in [1.82, 2.24) is 15.5 Å². The van der Waals surface area contributed by atoms with Crippen molar-refractivity contribution >= 4 is 35.8 Å². The van der Waals surface area contributed by atoms with Crippen LogP contribution in [0.3, 0.4) is 0 Å². The van der Waals surface area contributed by atoms with E-state index in [9.17, 15) is 9.59 Å². The number of allylic oxidation sites excluding steroid dienone is 3. The Hall–Kier alpha value is -3.31. The van der Waals surface area contributed by atoms with Crippen molar-refractivity contribution in [3.63, 3.8) is 0 Å². The first-order valence-corrected chi connectivity index (χ1v) is 15.0. The first-order valence-electron chi connectivity index (χ1n) is 14.6. The van der Waals surface area contributed by atoms with Crippen molar-refractivity contribution in [3.8, 4) is 0 Å². The van der Waals surface area contributed by atoms with E-state index in [0.717, 1.165) is 51.3 Å². The smallest absolute Gasteiger partial charge is 0.319 e. The number of hydrogen-bond acceptors (Lipinski definition) is 8. The van der Waals surface area contributed by atoms with Gasteiger partial charge in [-0.05, 0) is 38.2 Å². The Labute approximate surface area is 252 Å². The Morgan fingerprint density at radius 2 is 2.07 bits per heavy atom. The zero-order valence-electron chi connectivity index (χ0n) is 24.6. The number of amides is 3. The Morgan fingerprint density at radius 3 is 2.71 bits per heavy atom. The predicted octanol–water partition coefficient (Wildman–Crippen LogP) is 4.52. The molecule has 1 atom stereocenters. The molecule has 1 spiro atoms. The number of piperidine rings is 1. The molecule has 4 rings (SSSR count). The summed E-state index contributed by atoms with van der Waals surface area (Å²) in [6.07, 6.45) is 9.77. The minimum absolute atomic E-state index is 0.0771. The third kappa shape index (κ3) is 8.61. The van der Waals surface area contributed by atoms with E-state index in [1.807, 2.05) is 11.8 Å². The van der Waals surface area contributed by atoms with E-state index in [1.165, 1.54) is 13.4 Å². The first kappa shape index (κ1) is 31.6. The molecule has 0 radical (unpaired) electrons. The highest BCUT2D eigenvalue weighted by molar-refractivity contribution is 6.30. The Morgan fingerprint density at radius 1 is 1.29 bits per heavy atom. The lowest BCUT2D eigenvalue weighted by atomic mass is 9.77. The highest BCUT2D eigenvalue weighted by Gasteiger charge is 2.41. The lowest BCUT2D eigenvalue weighted by Crippen LogP contribution is -2.52. The maximum Gasteiger partial charge on any atom is 0.319 e. The van der Waals surface area contributed by atoms with Crippen LogP contribution in [0.25, 0.3) is 0 Å². The minimum atomic E-state index is -0.249. The Balaban J connectivity index is 1.28. The number of ether oxygens (including phenoxy) is 4. The number of methoxy groups -OCH3 is 1. The first-order chi connectivity index (χ1) is 20.3. The van der Waals surface area contributed by atoms with Gasteiger partial charge in [0.1, 0.15) is 12.4 Å². The molecule has 2 saturated heterocycles. The minimum Gasteiger partial charge on any atom is -0.493 e. The van der Waals surface area contributed by atoms with Crippen LogP contribution >= 0.6 is 11.6 Å². The molecule has 0 aromatic heterocycles. The lowest BCUT2D eigenvalue weighted by molar-refractivity contribution is -0.153. The van der Waals surface area contributed by atoms with E-state index in [2.05, 4.69) is 27.2 Å². The van der Waals surface area contributed by atoms with Crippen molar-refractivity contribution in [2.45, 2.75) is 64.4 Å². The fourth-order valence-corrected chi connectivity index (χ4v) is 5.53. The predicted molar refractivity (Wildman–Crippen MR) is 161 cm³/mol. The zero-order chi connectivity index (χ0) is 30.0. The van der Waals surface area contributed by atoms with Gasteiger partial charge in [0.15, 0.2) is 17.4 Å². The summed E-state index contributed by atoms with van der Waals surface area (Å²) >= 11 is 6.48. The number of urea groups is 1. The number of carbonyl (C=O) groups is 2. The molecule has 230 valence electrons. The van der Waals surface area contributed by atoms with Crippen molar-refractivity contribution < 1.29 is 28.5 Å². The molecular formula is C30H42ClN5O6. The van der Waals surface area contributed by atoms with Gasteiger partial charge in [-0.25, -0.2) is 14.8 Å². The molecule has 42 heavy (non-hydrogen) atoms. The average molecular weight is 604 g/mol. The van der Waals surface area contributed by atoms with Crippen molar-refractivity contribution in [3.05, 3.63) is 46.7 Å². The summed E-state index contributed by atoms with van der Waals surface area (Å²) in [7, 11) is 1.54. The molecule has 0 bridgehead atoms. The van der Waals surface area contributed by atoms with Gasteiger partial charge in [-0.2, -0.15) is 0 Å². The van der Waals surface area contributed by atoms with Gasteiger partial charge in [0.2, 0.25) is 5.91 Å². The van der Waals surface area contributed by atoms with Crippen LogP contribution < -0.4 is 10.6 Å². The summed E-state index contributed by atoms with van der Waals surface area (Å²) in [6, 6.07) is -0.249. The van der Waals surface area contributed by atoms with Crippen LogP contribution in [0.1, 0.15) is 58.3 Å². The van der Waals surface area contributed by atoms with Gasteiger partial charge in [0, 0.05) is 48.3 Å². The zero-order valence-corrected chi connectivity index (χ0v) is 25.3. The summed E-state index contributed by atoms with van der Waals surface area (Å²) in [4.78, 5) is 35.4. The Bertz CT molecular complexity index is 1160. The van der Waals surface area contributed by atoms with Crippen LogP contribution in [0, 0.1) is 5.41 Å². The highest BCUT2D eigenvalue weighted by atomic mass is 35.5. The molecule has 0 aromatic carbocycles. The molecule has 2 N–H and O–H groups in total. The second-order valence-corrected chi connectivity index (χ2v) is 11.4. The maximum absolute atomic E-state index is 12.8. The second kappa shape index (κ2) is 15.2. The van der Waals surface area contributed by atoms with Crippen LogP contribution in [-0.2, 0) is 23.7 Å². The lowest BCUT2D eigenvalue weighted by Gasteiger charge is -2.47. The summed E-state index contributed by atoms with van der Waals surface area (Å²) in [5, 5.41) is 6.20. The standard InChI is InChI=1S/C30H42ClN5O6/c1-4-11-32-29(38)35-24-7-6-22(17-23(24)31)42-27-16-21(33-20-34-27)15-26(25(5-2)39-3)41-14-8-28(37)36-12-9-30(10-13-36)18-40-19-30/h5,15,20,22H,2,4,6-14,16-19H2,1,3H3,(H2,32,35,38). The molecule has 12 heteroatoms. The molecule has 1 unspecified atom stereocenters. The summed E-state index contributed by atoms with van der Waals surface area (Å²) in [5.74, 6) is 1.45. The van der Waals surface area contributed by atoms with Gasteiger partial charge in [0.25, 0.3) is 0 Å². The van der Waals surface area contributed by atoms with Crippen LogP contribution in [0.5, 0.6) is 0 Å². The number of nitrogens with one attached hydrogen (secondary N) is 2. The summed E-state index contributed by atoms with van der Waals surface area (Å²) < 4.78 is 23.0. The van der Waals surface area contributed by atoms with E-state index in [4.69, 9.17) is 30.5 Å². The number of halogens is 1. The molecule has 11 nitrogen and oxygen atoms in total. The summed E-state index contributed by atoms with van der Waals surface area (Å²) in [6.45, 7) is 9.76. The maximum atomic E-state index is 12.8. The highest BCUT2D eigenvalue weighted by Crippen LogP contribution is 2.38. The molecule has 2 fully saturated rings. The fraction of sp³-hybridized carbons (Fsp3) is 0.600. The largest absolute Gasteiger partial charge is 0.493 e. The Kier molecular flexibility index (Phi) is 11.5. The summed E-state index contributed by atoms with van der Waals surface area (Å²) in [5.41, 5.74) is 1.66. The van der Waals surface area contributed by atoms with Crippen molar-refractivity contribution in [2.75, 3.05) is 46.6 Å². The van der Waals surface area contributed by atoms with E-state index in [0.29, 0.717) is 60.4 Å². The van der Waals surface area contributed by atoms with Crippen LogP contribution in [0.4, 0.5) is 4.79 Å². The SMILES string of the molecule is C=CC(OC)=C(C=C1CC(OC2CCC(NC(=O)NCCC)=C(Cl)C2)=NC=N1)OCCC(=O)N1CCC2(CC1)COC2. The van der Waals surface area contributed by atoms with E-state index >= 15 is 0 Å². The van der Waals surface area contributed by atoms with Crippen LogP contribution in [0.2, 0.25) is 0 Å². The van der Waals surface area contributed by atoms with Gasteiger partial charge in [-0.15, -0.1) is 0 Å². The number of hydrogen-bond donors (Lipinski definition) is 2. The molecular weight excluding hydrogens is 562 g/mol. The van der Waals surface area contributed by atoms with Gasteiger partial charge < -0.3 is 34.5 Å². The van der Waals surface area contributed by atoms with E-state index in [-0.39, 0.29) is 36.5 Å². The van der Waals surface area contributed by atoms with Gasteiger partial charge >= 0.3 is 6.03 Å². The second-order valence-electron chi connectivity index (χ2n) is 10.9. The van der Waals surface area contributed by atoms with Crippen LogP contribution in [-0.4, -0.2) is 81.7 Å². The van der Waals surface area contributed by atoms with Crippen LogP contribution in [0.15, 0.2) is 56.7 Å². The molecule has 0 aromatic rings. The number of aliphatic imine (C=N–C) groups is 2. The van der Waals surface area contributed by atoms with E-state index < -0.39 is 0 Å². The molecule has 3 aliphatic heterocycles. The third-order valence-corrected chi connectivity index (χ3v) is 8.21. The number of rotatable bonds is 11. The quantitative estimate of drug-likeness (QED) is 0.264. The monoisotopic (exact) mass is 603 g/mol. The van der Waals surface area contributed by atoms with Gasteiger partial charge in [-0.3, -0.25) is 4.79 Å². The number of likely N-dealkylation sites (tertiary alicyclic amines) is 1. The van der Waals surface area contributed by atoms with Crippen molar-refractivity contribution in [1.29, 1.82) is 0 Å². The molecule has 0 saturated carbocycles. The topological polar surface area (TPSA) is 123 Å². The van der Waals surface area contributed by atoms with E-state index in [1.54, 1.807) is 12.2 Å². The average Bonchev–Trinajstić information content (AvgIpc) is 2.97. The normalized spacial score (nSPS) is 23.0. The number of nitrogens with zero attached hydrogens (tertiary/aromatic N) is 3. The third-order valence-electron chi connectivity index (χ3n) is 7.82. The fourth-order valence-electron chi connectivity index (χ4n) is 5.22. The molecule has 4 aliphatic rings. The molecule has 3 amide bonds. The van der Waals surface area contributed by atoms with Crippen molar-refractivity contribution in [2.24, 2.45) is 15.4 Å². The number of carbonyl (C=O) groups excluding carboxylic acids is 2.